The van der Waals surface area contributed by atoms with Gasteiger partial charge in [0.25, 0.3) is 0 Å². The molecule has 1 fully saturated rings. The molecule has 22 heavy (non-hydrogen) atoms. The van der Waals surface area contributed by atoms with E-state index in [0.717, 1.165) is 18.5 Å². The number of hydrogen-bond acceptors (Lipinski definition) is 3. The third-order valence-corrected chi connectivity index (χ3v) is 3.74. The van der Waals surface area contributed by atoms with Gasteiger partial charge in [-0.1, -0.05) is 60.7 Å². The lowest BCUT2D eigenvalue weighted by molar-refractivity contribution is 0.135. The first-order valence-electron chi connectivity index (χ1n) is 7.56. The van der Waals surface area contributed by atoms with E-state index in [2.05, 4.69) is 22.8 Å². The molecule has 3 rings (SSSR count). The van der Waals surface area contributed by atoms with Crippen LogP contribution in [-0.4, -0.2) is 24.7 Å². The van der Waals surface area contributed by atoms with E-state index < -0.39 is 0 Å². The molecule has 2 atom stereocenters. The minimum Gasteiger partial charge on any atom is -0.445 e. The molecule has 1 heterocycles. The number of carbonyl (C=O) groups is 1. The highest BCUT2D eigenvalue weighted by molar-refractivity contribution is 5.68. The summed E-state index contributed by atoms with van der Waals surface area (Å²) in [6, 6.07) is 20.3. The summed E-state index contributed by atoms with van der Waals surface area (Å²) in [6.45, 7) is 1.24. The van der Waals surface area contributed by atoms with Gasteiger partial charge in [-0.2, -0.15) is 0 Å². The maximum atomic E-state index is 12.0. The topological polar surface area (TPSA) is 60.3 Å². The first kappa shape index (κ1) is 14.6. The van der Waals surface area contributed by atoms with Gasteiger partial charge in [-0.3, -0.25) is 0 Å². The number of ether oxygens (including phenoxy) is 1. The zero-order valence-electron chi connectivity index (χ0n) is 12.4. The van der Waals surface area contributed by atoms with Crippen LogP contribution in [-0.2, 0) is 17.8 Å². The molecule has 0 spiro atoms. The fourth-order valence-corrected chi connectivity index (χ4v) is 2.43. The summed E-state index contributed by atoms with van der Waals surface area (Å²) in [4.78, 5) is 12.0. The van der Waals surface area contributed by atoms with Crippen molar-refractivity contribution in [3.63, 3.8) is 0 Å². The van der Waals surface area contributed by atoms with Gasteiger partial charge < -0.3 is 15.4 Å². The maximum absolute atomic E-state index is 12.0. The van der Waals surface area contributed by atoms with E-state index in [1.807, 2.05) is 48.5 Å². The van der Waals surface area contributed by atoms with Crippen molar-refractivity contribution in [1.82, 2.24) is 10.6 Å². The number of rotatable bonds is 6. The van der Waals surface area contributed by atoms with Crippen LogP contribution in [0.2, 0.25) is 0 Å². The van der Waals surface area contributed by atoms with Gasteiger partial charge in [-0.05, 0) is 17.5 Å². The summed E-state index contributed by atoms with van der Waals surface area (Å²) in [6.07, 6.45) is 0.442. The largest absolute Gasteiger partial charge is 0.445 e. The predicted octanol–water partition coefficient (Wildman–Crippen LogP) is 2.50. The Bertz CT molecular complexity index is 597. The van der Waals surface area contributed by atoms with Gasteiger partial charge in [-0.15, -0.1) is 0 Å². The molecule has 1 saturated heterocycles. The number of amides is 1. The number of alkyl carbamates (subject to hydrolysis) is 1. The highest BCUT2D eigenvalue weighted by atomic mass is 16.5. The fraction of sp³-hybridized carbons (Fsp3) is 0.278. The van der Waals surface area contributed by atoms with Crippen molar-refractivity contribution < 1.29 is 9.53 Å². The Balaban J connectivity index is 1.51. The molecule has 1 amide bonds. The summed E-state index contributed by atoms with van der Waals surface area (Å²) in [5.74, 6) is 0. The smallest absolute Gasteiger partial charge is 0.407 e. The van der Waals surface area contributed by atoms with Crippen LogP contribution < -0.4 is 10.6 Å². The summed E-state index contributed by atoms with van der Waals surface area (Å²) in [5, 5.41) is 6.24. The van der Waals surface area contributed by atoms with E-state index in [1.54, 1.807) is 0 Å². The molecule has 0 saturated carbocycles. The Morgan fingerprint density at radius 2 is 1.68 bits per heavy atom. The Labute approximate surface area is 130 Å². The van der Waals surface area contributed by atoms with Gasteiger partial charge in [0.15, 0.2) is 0 Å². The fourth-order valence-electron chi connectivity index (χ4n) is 2.43. The van der Waals surface area contributed by atoms with Crippen molar-refractivity contribution >= 4 is 6.09 Å². The first-order valence-corrected chi connectivity index (χ1v) is 7.56. The minimum atomic E-state index is -0.363. The van der Waals surface area contributed by atoms with Gasteiger partial charge >= 0.3 is 6.09 Å². The van der Waals surface area contributed by atoms with Crippen LogP contribution in [0.5, 0.6) is 0 Å². The highest BCUT2D eigenvalue weighted by Gasteiger charge is 2.32. The molecule has 4 nitrogen and oxygen atoms in total. The minimum absolute atomic E-state index is 0.0608. The van der Waals surface area contributed by atoms with E-state index >= 15 is 0 Å². The molecule has 4 heteroatoms. The molecule has 0 aromatic heterocycles. The number of carbonyl (C=O) groups excluding carboxylic acids is 1. The third kappa shape index (κ3) is 4.33. The van der Waals surface area contributed by atoms with Gasteiger partial charge in [0.2, 0.25) is 0 Å². The predicted molar refractivity (Wildman–Crippen MR) is 85.5 cm³/mol. The van der Waals surface area contributed by atoms with Gasteiger partial charge in [-0.25, -0.2) is 4.79 Å². The van der Waals surface area contributed by atoms with E-state index in [1.165, 1.54) is 5.56 Å². The lowest BCUT2D eigenvalue weighted by Gasteiger charge is -2.17. The molecule has 2 N–H and O–H groups in total. The average Bonchev–Trinajstić information content (AvgIpc) is 3.39. The van der Waals surface area contributed by atoms with Crippen LogP contribution >= 0.6 is 0 Å². The van der Waals surface area contributed by atoms with Gasteiger partial charge in [0, 0.05) is 12.6 Å². The van der Waals surface area contributed by atoms with Crippen LogP contribution in [0.15, 0.2) is 60.7 Å². The van der Waals surface area contributed by atoms with E-state index in [4.69, 9.17) is 4.74 Å². The molecule has 0 radical (unpaired) electrons. The third-order valence-electron chi connectivity index (χ3n) is 3.74. The summed E-state index contributed by atoms with van der Waals surface area (Å²) >= 11 is 0. The first-order chi connectivity index (χ1) is 10.8. The van der Waals surface area contributed by atoms with Crippen LogP contribution in [0.3, 0.4) is 0 Å². The molecular weight excluding hydrogens is 276 g/mol. The quantitative estimate of drug-likeness (QED) is 0.805. The lowest BCUT2D eigenvalue weighted by Crippen LogP contribution is -2.41. The van der Waals surface area contributed by atoms with E-state index in [9.17, 15) is 4.79 Å². The summed E-state index contributed by atoms with van der Waals surface area (Å²) < 4.78 is 5.30. The Kier molecular flexibility index (Phi) is 4.71. The second kappa shape index (κ2) is 7.09. The van der Waals surface area contributed by atoms with Gasteiger partial charge in [0.05, 0.1) is 6.04 Å². The highest BCUT2D eigenvalue weighted by Crippen LogP contribution is 2.12. The SMILES string of the molecule is O=C(N[C@@H](Cc1ccccc1)[C@@H]1CN1)OCc1ccccc1. The molecule has 2 aromatic carbocycles. The van der Waals surface area contributed by atoms with Crippen molar-refractivity contribution in [2.75, 3.05) is 6.54 Å². The molecule has 1 aliphatic heterocycles. The zero-order valence-corrected chi connectivity index (χ0v) is 12.4. The van der Waals surface area contributed by atoms with Crippen LogP contribution in [0.25, 0.3) is 0 Å². The molecule has 0 bridgehead atoms. The molecule has 2 aromatic rings. The zero-order chi connectivity index (χ0) is 15.2. The van der Waals surface area contributed by atoms with E-state index in [-0.39, 0.29) is 12.1 Å². The Hall–Kier alpha value is -2.33. The average molecular weight is 296 g/mol. The normalized spacial score (nSPS) is 17.5. The van der Waals surface area contributed by atoms with Crippen molar-refractivity contribution in [3.8, 4) is 0 Å². The standard InChI is InChI=1S/C18H20N2O2/c21-18(22-13-15-9-5-2-6-10-15)20-16(17-12-19-17)11-14-7-3-1-4-8-14/h1-10,16-17,19H,11-13H2,(H,20,21)/t16-,17-/m0/s1. The lowest BCUT2D eigenvalue weighted by atomic mass is 10.0. The maximum Gasteiger partial charge on any atom is 0.407 e. The van der Waals surface area contributed by atoms with Crippen molar-refractivity contribution in [3.05, 3.63) is 71.8 Å². The monoisotopic (exact) mass is 296 g/mol. The second-order valence-electron chi connectivity index (χ2n) is 5.52. The molecular formula is C18H20N2O2. The molecule has 0 aliphatic carbocycles. The van der Waals surface area contributed by atoms with Crippen LogP contribution in [0, 0.1) is 0 Å². The summed E-state index contributed by atoms with van der Waals surface area (Å²) in [5.41, 5.74) is 2.20. The van der Waals surface area contributed by atoms with Gasteiger partial charge in [0.1, 0.15) is 6.61 Å². The molecule has 1 aliphatic rings. The van der Waals surface area contributed by atoms with Crippen molar-refractivity contribution in [2.45, 2.75) is 25.1 Å². The summed E-state index contributed by atoms with van der Waals surface area (Å²) in [7, 11) is 0. The van der Waals surface area contributed by atoms with Crippen LogP contribution in [0.1, 0.15) is 11.1 Å². The molecule has 0 unspecified atom stereocenters. The van der Waals surface area contributed by atoms with Crippen molar-refractivity contribution in [2.24, 2.45) is 0 Å². The number of nitrogens with one attached hydrogen (secondary N) is 2. The van der Waals surface area contributed by atoms with Crippen molar-refractivity contribution in [1.29, 1.82) is 0 Å². The Morgan fingerprint density at radius 1 is 1.09 bits per heavy atom. The number of hydrogen-bond donors (Lipinski definition) is 2. The number of benzene rings is 2. The van der Waals surface area contributed by atoms with E-state index in [0.29, 0.717) is 12.6 Å². The molecule has 114 valence electrons. The second-order valence-corrected chi connectivity index (χ2v) is 5.52. The Morgan fingerprint density at radius 3 is 2.27 bits per heavy atom. The van der Waals surface area contributed by atoms with Crippen LogP contribution in [0.4, 0.5) is 4.79 Å².